The van der Waals surface area contributed by atoms with Crippen molar-refractivity contribution >= 4 is 44.9 Å². The molecule has 0 spiro atoms. The van der Waals surface area contributed by atoms with Gasteiger partial charge in [0.2, 0.25) is 0 Å². The summed E-state index contributed by atoms with van der Waals surface area (Å²) < 4.78 is 0. The van der Waals surface area contributed by atoms with Crippen LogP contribution < -0.4 is 0 Å². The van der Waals surface area contributed by atoms with Gasteiger partial charge in [-0.05, 0) is 19.1 Å². The summed E-state index contributed by atoms with van der Waals surface area (Å²) in [5.41, 5.74) is 0. The van der Waals surface area contributed by atoms with Crippen LogP contribution in [0.2, 0.25) is 0 Å². The number of ketones is 2. The Morgan fingerprint density at radius 2 is 1.21 bits per heavy atom. The minimum absolute atomic E-state index is 0.405. The first-order valence-electron chi connectivity index (χ1n) is 11.4. The number of rotatable bonds is 22. The Kier molecular flexibility index (Phi) is 22.4. The van der Waals surface area contributed by atoms with Crippen molar-refractivity contribution in [3.63, 3.8) is 0 Å². The molecule has 2 nitrogen and oxygen atoms in total. The molecule has 0 aromatic carbocycles. The second-order valence-electron chi connectivity index (χ2n) is 7.65. The summed E-state index contributed by atoms with van der Waals surface area (Å²) in [5, 5.41) is 0.501. The van der Waals surface area contributed by atoms with Gasteiger partial charge in [0, 0.05) is 42.4 Å². The lowest BCUT2D eigenvalue weighted by Crippen LogP contribution is -2.11. The van der Waals surface area contributed by atoms with Gasteiger partial charge in [-0.25, -0.2) is 0 Å². The van der Waals surface area contributed by atoms with Crippen LogP contribution in [0.1, 0.15) is 110 Å². The maximum absolute atomic E-state index is 12.2. The average Bonchev–Trinajstić information content (AvgIpc) is 2.69. The zero-order valence-electron chi connectivity index (χ0n) is 18.6. The summed E-state index contributed by atoms with van der Waals surface area (Å²) in [6.45, 7) is 4.46. The molecule has 0 rings (SSSR count). The predicted molar refractivity (Wildman–Crippen MR) is 133 cm³/mol. The molecule has 0 heterocycles. The molecule has 0 aliphatic carbocycles. The monoisotopic (exact) mass is 448 g/mol. The maximum Gasteiger partial charge on any atom is 0.134 e. The molecule has 0 fully saturated rings. The third-order valence-electron chi connectivity index (χ3n) is 4.99. The topological polar surface area (TPSA) is 34.1 Å². The largest absolute Gasteiger partial charge is 0.300 e. The number of hydrogen-bond donors (Lipinski definition) is 0. The number of carbonyl (C=O) groups is 2. The predicted octanol–water partition coefficient (Wildman–Crippen LogP) is 8.13. The first kappa shape index (κ1) is 28.4. The second-order valence-corrected chi connectivity index (χ2v) is 11.5. The Labute approximate surface area is 187 Å². The molecule has 0 aromatic heterocycles. The van der Waals surface area contributed by atoms with E-state index in [-0.39, 0.29) is 0 Å². The first-order valence-corrected chi connectivity index (χ1v) is 15.2. The summed E-state index contributed by atoms with van der Waals surface area (Å²) in [6, 6.07) is 0. The third kappa shape index (κ3) is 19.7. The van der Waals surface area contributed by atoms with Crippen LogP contribution >= 0.6 is 33.3 Å². The Balaban J connectivity index is 3.52. The van der Waals surface area contributed by atoms with Gasteiger partial charge in [-0.3, -0.25) is 9.59 Å². The van der Waals surface area contributed by atoms with E-state index in [4.69, 9.17) is 0 Å². The van der Waals surface area contributed by atoms with Gasteiger partial charge in [-0.1, -0.05) is 93.2 Å². The van der Waals surface area contributed by atoms with Crippen molar-refractivity contribution in [2.75, 3.05) is 17.8 Å². The molecule has 0 saturated carbocycles. The Bertz CT molecular complexity index is 375. The van der Waals surface area contributed by atoms with Crippen molar-refractivity contribution in [2.24, 2.45) is 0 Å². The Morgan fingerprint density at radius 1 is 0.679 bits per heavy atom. The van der Waals surface area contributed by atoms with Gasteiger partial charge in [0.25, 0.3) is 0 Å². The van der Waals surface area contributed by atoms with E-state index in [2.05, 4.69) is 20.1 Å². The SMILES string of the molecule is CCCCCCCCC(=O)CCSSCCC(=O)CC(CCCCCC)SC. The van der Waals surface area contributed by atoms with E-state index < -0.39 is 0 Å². The molecule has 0 amide bonds. The second kappa shape index (κ2) is 22.1. The number of carbonyl (C=O) groups excluding carboxylic acids is 2. The number of thioether (sulfide) groups is 1. The quantitative estimate of drug-likeness (QED) is 0.123. The molecular formula is C23H44O2S3. The molecule has 0 radical (unpaired) electrons. The molecule has 0 aliphatic rings. The molecule has 166 valence electrons. The van der Waals surface area contributed by atoms with E-state index in [1.165, 1.54) is 64.2 Å². The molecule has 1 unspecified atom stereocenters. The van der Waals surface area contributed by atoms with Crippen LogP contribution in [0.3, 0.4) is 0 Å². The van der Waals surface area contributed by atoms with Crippen molar-refractivity contribution in [3.05, 3.63) is 0 Å². The van der Waals surface area contributed by atoms with Crippen LogP contribution in [0.5, 0.6) is 0 Å². The van der Waals surface area contributed by atoms with Crippen molar-refractivity contribution in [1.29, 1.82) is 0 Å². The van der Waals surface area contributed by atoms with Crippen molar-refractivity contribution in [3.8, 4) is 0 Å². The molecule has 0 N–H and O–H groups in total. The standard InChI is InChI=1S/C23H44O2S3/c1-4-6-8-10-11-12-14-21(24)16-18-27-28-19-17-22(25)20-23(26-3)15-13-9-7-5-2/h23H,4-20H2,1-3H3. The van der Waals surface area contributed by atoms with E-state index in [0.29, 0.717) is 29.7 Å². The zero-order valence-corrected chi connectivity index (χ0v) is 21.1. The minimum atomic E-state index is 0.405. The van der Waals surface area contributed by atoms with Crippen LogP contribution in [0, 0.1) is 0 Å². The first-order chi connectivity index (χ1) is 13.6. The summed E-state index contributed by atoms with van der Waals surface area (Å²) in [6.07, 6.45) is 18.7. The minimum Gasteiger partial charge on any atom is -0.300 e. The number of unbranched alkanes of at least 4 members (excludes halogenated alkanes) is 8. The lowest BCUT2D eigenvalue weighted by atomic mass is 10.1. The summed E-state index contributed by atoms with van der Waals surface area (Å²) in [5.74, 6) is 2.58. The van der Waals surface area contributed by atoms with Gasteiger partial charge < -0.3 is 0 Å². The summed E-state index contributed by atoms with van der Waals surface area (Å²) in [7, 11) is 3.51. The molecule has 5 heteroatoms. The highest BCUT2D eigenvalue weighted by Gasteiger charge is 2.12. The van der Waals surface area contributed by atoms with Crippen LogP contribution in [-0.4, -0.2) is 34.6 Å². The van der Waals surface area contributed by atoms with Crippen LogP contribution in [0.4, 0.5) is 0 Å². The van der Waals surface area contributed by atoms with Crippen LogP contribution in [0.15, 0.2) is 0 Å². The van der Waals surface area contributed by atoms with Gasteiger partial charge >= 0.3 is 0 Å². The van der Waals surface area contributed by atoms with Gasteiger partial charge in [0.1, 0.15) is 11.6 Å². The van der Waals surface area contributed by atoms with E-state index >= 15 is 0 Å². The fourth-order valence-electron chi connectivity index (χ4n) is 3.11. The number of Topliss-reactive ketones (excluding diaryl/α,β-unsaturated/α-hetero) is 2. The normalized spacial score (nSPS) is 12.2. The van der Waals surface area contributed by atoms with Crippen LogP contribution in [-0.2, 0) is 9.59 Å². The van der Waals surface area contributed by atoms with Crippen molar-refractivity contribution in [2.45, 2.75) is 115 Å². The highest BCUT2D eigenvalue weighted by molar-refractivity contribution is 8.76. The molecule has 0 saturated heterocycles. The number of hydrogen-bond acceptors (Lipinski definition) is 5. The van der Waals surface area contributed by atoms with E-state index in [1.54, 1.807) is 21.6 Å². The van der Waals surface area contributed by atoms with Gasteiger partial charge in [0.15, 0.2) is 0 Å². The van der Waals surface area contributed by atoms with Gasteiger partial charge in [0.05, 0.1) is 0 Å². The molecule has 0 bridgehead atoms. The van der Waals surface area contributed by atoms with E-state index in [1.807, 2.05) is 11.8 Å². The molecular weight excluding hydrogens is 404 g/mol. The molecule has 28 heavy (non-hydrogen) atoms. The summed E-state index contributed by atoms with van der Waals surface area (Å²) in [4.78, 5) is 24.0. The van der Waals surface area contributed by atoms with E-state index in [0.717, 1.165) is 30.8 Å². The smallest absolute Gasteiger partial charge is 0.134 e. The average molecular weight is 449 g/mol. The van der Waals surface area contributed by atoms with E-state index in [9.17, 15) is 9.59 Å². The zero-order chi connectivity index (χ0) is 20.9. The molecule has 0 aliphatic heterocycles. The van der Waals surface area contributed by atoms with Crippen LogP contribution in [0.25, 0.3) is 0 Å². The highest BCUT2D eigenvalue weighted by atomic mass is 33.1. The van der Waals surface area contributed by atoms with Crippen molar-refractivity contribution < 1.29 is 9.59 Å². The fraction of sp³-hybridized carbons (Fsp3) is 0.913. The van der Waals surface area contributed by atoms with Crippen molar-refractivity contribution in [1.82, 2.24) is 0 Å². The third-order valence-corrected chi connectivity index (χ3v) is 8.47. The highest BCUT2D eigenvalue weighted by Crippen LogP contribution is 2.25. The summed E-state index contributed by atoms with van der Waals surface area (Å²) >= 11 is 1.85. The molecule has 1 atom stereocenters. The lowest BCUT2D eigenvalue weighted by molar-refractivity contribution is -0.119. The van der Waals surface area contributed by atoms with Gasteiger partial charge in [-0.15, -0.1) is 0 Å². The molecule has 0 aromatic rings. The Hall–Kier alpha value is 0.390. The Morgan fingerprint density at radius 3 is 1.82 bits per heavy atom. The maximum atomic E-state index is 12.2. The lowest BCUT2D eigenvalue weighted by Gasteiger charge is -2.13. The fourth-order valence-corrected chi connectivity index (χ4v) is 5.93. The van der Waals surface area contributed by atoms with Gasteiger partial charge in [-0.2, -0.15) is 11.8 Å².